The van der Waals surface area contributed by atoms with Crippen molar-refractivity contribution < 1.29 is 32.6 Å². The summed E-state index contributed by atoms with van der Waals surface area (Å²) in [6.45, 7) is 1.38. The molecule has 210 valence electrons. The predicted molar refractivity (Wildman–Crippen MR) is 143 cm³/mol. The molecule has 1 amide bonds. The summed E-state index contributed by atoms with van der Waals surface area (Å²) in [4.78, 5) is 23.0. The van der Waals surface area contributed by atoms with E-state index < -0.39 is 11.7 Å². The lowest BCUT2D eigenvalue weighted by Crippen LogP contribution is -2.27. The fraction of sp³-hybridized carbons (Fsp3) is 0.393. The highest BCUT2D eigenvalue weighted by Crippen LogP contribution is 2.34. The Kier molecular flexibility index (Phi) is 10.6. The first kappa shape index (κ1) is 29.9. The second-order valence-corrected chi connectivity index (χ2v) is 8.89. The number of carbonyl (C=O) groups is 2. The molecule has 0 radical (unpaired) electrons. The Morgan fingerprint density at radius 3 is 2.44 bits per heavy atom. The topological polar surface area (TPSA) is 98.4 Å². The van der Waals surface area contributed by atoms with Gasteiger partial charge in [0.05, 0.1) is 17.7 Å². The maximum absolute atomic E-state index is 13.0. The molecule has 8 nitrogen and oxygen atoms in total. The van der Waals surface area contributed by atoms with Crippen LogP contribution in [0.1, 0.15) is 48.0 Å². The van der Waals surface area contributed by atoms with Gasteiger partial charge in [0, 0.05) is 62.0 Å². The summed E-state index contributed by atoms with van der Waals surface area (Å²) in [7, 11) is 2.77. The molecular weight excluding hydrogens is 513 g/mol. The number of alkyl halides is 3. The van der Waals surface area contributed by atoms with Crippen molar-refractivity contribution in [2.75, 3.05) is 26.9 Å². The molecule has 11 heteroatoms. The monoisotopic (exact) mass is 546 g/mol. The summed E-state index contributed by atoms with van der Waals surface area (Å²) in [6, 6.07) is 10.2. The van der Waals surface area contributed by atoms with Gasteiger partial charge in [0.15, 0.2) is 5.65 Å². The number of ether oxygens (including phenoxy) is 1. The van der Waals surface area contributed by atoms with Gasteiger partial charge in [0.25, 0.3) is 5.91 Å². The zero-order valence-electron chi connectivity index (χ0n) is 22.0. The van der Waals surface area contributed by atoms with Crippen LogP contribution in [0.15, 0.2) is 48.7 Å². The van der Waals surface area contributed by atoms with E-state index in [1.54, 1.807) is 34.5 Å². The summed E-state index contributed by atoms with van der Waals surface area (Å²) in [5.74, 6) is -0.237. The Balaban J connectivity index is 0.00000205. The van der Waals surface area contributed by atoms with E-state index in [4.69, 9.17) is 9.84 Å². The Morgan fingerprint density at radius 2 is 1.74 bits per heavy atom. The van der Waals surface area contributed by atoms with E-state index in [9.17, 15) is 22.8 Å². The number of carbonyl (C=O) groups excluding carboxylic acids is 2. The highest BCUT2D eigenvalue weighted by atomic mass is 19.4. The molecule has 0 bridgehead atoms. The molecule has 39 heavy (non-hydrogen) atoms. The molecule has 0 aliphatic heterocycles. The first-order valence-corrected chi connectivity index (χ1v) is 12.7. The van der Waals surface area contributed by atoms with Crippen LogP contribution in [-0.4, -0.2) is 58.5 Å². The average Bonchev–Trinajstić information content (AvgIpc) is 3.44. The fourth-order valence-electron chi connectivity index (χ4n) is 4.32. The van der Waals surface area contributed by atoms with Crippen molar-refractivity contribution in [2.45, 2.75) is 38.3 Å². The van der Waals surface area contributed by atoms with Crippen LogP contribution in [0.3, 0.4) is 0 Å². The summed E-state index contributed by atoms with van der Waals surface area (Å²) in [5, 5.41) is 15.9. The van der Waals surface area contributed by atoms with Crippen LogP contribution < -0.4 is 5.32 Å². The molecule has 0 aliphatic carbocycles. The van der Waals surface area contributed by atoms with E-state index >= 15 is 0 Å². The molecule has 0 spiro atoms. The SMILES string of the molecule is CO.Cn1cc2c3cc(C(=O)NCCOCCCCCCC=O)ccc3n(-c3ccc(C(F)(F)F)cc3)c2n1. The van der Waals surface area contributed by atoms with Crippen LogP contribution in [0.2, 0.25) is 0 Å². The molecular formula is C28H33F3N4O4. The van der Waals surface area contributed by atoms with E-state index in [1.165, 1.54) is 12.1 Å². The molecule has 0 fully saturated rings. The highest BCUT2D eigenvalue weighted by molar-refractivity contribution is 6.10. The van der Waals surface area contributed by atoms with Gasteiger partial charge in [-0.25, -0.2) is 0 Å². The number of aldehydes is 1. The molecule has 0 aliphatic rings. The molecule has 0 saturated carbocycles. The molecule has 4 rings (SSSR count). The first-order valence-electron chi connectivity index (χ1n) is 12.7. The first-order chi connectivity index (χ1) is 18.8. The fourth-order valence-corrected chi connectivity index (χ4v) is 4.32. The highest BCUT2D eigenvalue weighted by Gasteiger charge is 2.30. The summed E-state index contributed by atoms with van der Waals surface area (Å²) >= 11 is 0. The van der Waals surface area contributed by atoms with Crippen molar-refractivity contribution in [1.29, 1.82) is 0 Å². The molecule has 2 N–H and O–H groups in total. The van der Waals surface area contributed by atoms with Crippen molar-refractivity contribution in [3.05, 3.63) is 59.8 Å². The number of nitrogens with zero attached hydrogens (tertiary/aromatic N) is 3. The Morgan fingerprint density at radius 1 is 1.03 bits per heavy atom. The Labute approximate surface area is 224 Å². The number of unbranched alkanes of at least 4 members (excludes halogenated alkanes) is 4. The third kappa shape index (κ3) is 7.45. The van der Waals surface area contributed by atoms with Crippen LogP contribution in [-0.2, 0) is 22.8 Å². The third-order valence-electron chi connectivity index (χ3n) is 6.16. The third-order valence-corrected chi connectivity index (χ3v) is 6.16. The number of hydrogen-bond donors (Lipinski definition) is 2. The van der Waals surface area contributed by atoms with E-state index in [2.05, 4.69) is 10.4 Å². The molecule has 0 saturated heterocycles. The number of nitrogens with one attached hydrogen (secondary N) is 1. The lowest BCUT2D eigenvalue weighted by atomic mass is 10.1. The molecule has 4 aromatic rings. The molecule has 0 atom stereocenters. The number of hydrogen-bond acceptors (Lipinski definition) is 5. The van der Waals surface area contributed by atoms with Gasteiger partial charge in [0.2, 0.25) is 0 Å². The maximum atomic E-state index is 13.0. The minimum Gasteiger partial charge on any atom is -0.400 e. The minimum absolute atomic E-state index is 0.237. The van der Waals surface area contributed by atoms with Gasteiger partial charge in [-0.05, 0) is 55.3 Å². The quantitative estimate of drug-likeness (QED) is 0.192. The van der Waals surface area contributed by atoms with Gasteiger partial charge in [-0.15, -0.1) is 0 Å². The standard InChI is InChI=1S/C27H29F3N4O3.CH4O/c1-33-18-23-22-17-19(26(36)31-13-16-37-15-6-4-2-3-5-14-35)7-12-24(22)34(25(23)32-33)21-10-8-20(9-11-21)27(28,29)30;1-2/h7-12,14,17-18H,2-6,13,15-16H2,1H3,(H,31,36);2H,1H3. The van der Waals surface area contributed by atoms with Crippen molar-refractivity contribution in [1.82, 2.24) is 19.7 Å². The van der Waals surface area contributed by atoms with Crippen LogP contribution in [0.25, 0.3) is 27.6 Å². The number of aromatic nitrogens is 3. The van der Waals surface area contributed by atoms with Gasteiger partial charge >= 0.3 is 6.18 Å². The second-order valence-electron chi connectivity index (χ2n) is 8.89. The number of aliphatic hydroxyl groups is 1. The number of halogens is 3. The van der Waals surface area contributed by atoms with Crippen molar-refractivity contribution in [2.24, 2.45) is 7.05 Å². The van der Waals surface area contributed by atoms with Crippen LogP contribution >= 0.6 is 0 Å². The van der Waals surface area contributed by atoms with Crippen molar-refractivity contribution >= 4 is 34.1 Å². The van der Waals surface area contributed by atoms with Crippen LogP contribution in [0, 0.1) is 0 Å². The number of benzene rings is 2. The largest absolute Gasteiger partial charge is 0.416 e. The minimum atomic E-state index is -4.41. The van der Waals surface area contributed by atoms with Crippen molar-refractivity contribution in [3.8, 4) is 5.69 Å². The lowest BCUT2D eigenvalue weighted by molar-refractivity contribution is -0.137. The van der Waals surface area contributed by atoms with Gasteiger partial charge < -0.3 is 20.0 Å². The normalized spacial score (nSPS) is 11.4. The van der Waals surface area contributed by atoms with Gasteiger partial charge in [0.1, 0.15) is 6.29 Å². The van der Waals surface area contributed by atoms with Crippen LogP contribution in [0.5, 0.6) is 0 Å². The predicted octanol–water partition coefficient (Wildman–Crippen LogP) is 5.04. The molecule has 2 heterocycles. The zero-order chi connectivity index (χ0) is 28.4. The summed E-state index contributed by atoms with van der Waals surface area (Å²) in [5.41, 5.74) is 1.63. The van der Waals surface area contributed by atoms with E-state index in [0.717, 1.165) is 67.5 Å². The summed E-state index contributed by atoms with van der Waals surface area (Å²) < 4.78 is 48.1. The van der Waals surface area contributed by atoms with Crippen molar-refractivity contribution in [3.63, 3.8) is 0 Å². The zero-order valence-corrected chi connectivity index (χ0v) is 22.0. The van der Waals surface area contributed by atoms with Gasteiger partial charge in [-0.1, -0.05) is 12.8 Å². The molecule has 2 aromatic heterocycles. The Hall–Kier alpha value is -3.70. The summed E-state index contributed by atoms with van der Waals surface area (Å²) in [6.07, 6.45) is 2.79. The van der Waals surface area contributed by atoms with Gasteiger partial charge in [-0.3, -0.25) is 14.0 Å². The molecule has 0 unspecified atom stereocenters. The molecule has 2 aromatic carbocycles. The second kappa shape index (κ2) is 13.9. The van der Waals surface area contributed by atoms with E-state index in [0.29, 0.717) is 43.1 Å². The lowest BCUT2D eigenvalue weighted by Gasteiger charge is -2.10. The van der Waals surface area contributed by atoms with E-state index in [1.807, 2.05) is 6.20 Å². The number of fused-ring (bicyclic) bond motifs is 3. The number of aliphatic hydroxyl groups excluding tert-OH is 1. The average molecular weight is 547 g/mol. The van der Waals surface area contributed by atoms with Gasteiger partial charge in [-0.2, -0.15) is 18.3 Å². The number of aryl methyl sites for hydroxylation is 1. The number of rotatable bonds is 12. The maximum Gasteiger partial charge on any atom is 0.416 e. The van der Waals surface area contributed by atoms with Crippen LogP contribution in [0.4, 0.5) is 13.2 Å². The van der Waals surface area contributed by atoms with E-state index in [-0.39, 0.29) is 5.91 Å². The Bertz CT molecular complexity index is 1380. The number of amides is 1. The smallest absolute Gasteiger partial charge is 0.400 e.